The molecule has 1 rings (SSSR count). The summed E-state index contributed by atoms with van der Waals surface area (Å²) in [5.74, 6) is -0.138. The Morgan fingerprint density at radius 3 is 1.05 bits per heavy atom. The van der Waals surface area contributed by atoms with Crippen molar-refractivity contribution in [2.75, 3.05) is 13.2 Å². The largest absolute Gasteiger partial charge is 0.394 e. The van der Waals surface area contributed by atoms with E-state index in [-0.39, 0.29) is 12.5 Å². The number of aliphatic hydroxyl groups is 5. The first-order valence-electron chi connectivity index (χ1n) is 38.1. The predicted molar refractivity (Wildman–Crippen MR) is 378 cm³/mol. The van der Waals surface area contributed by atoms with Crippen LogP contribution in [0.25, 0.3) is 0 Å². The second-order valence-electron chi connectivity index (χ2n) is 26.4. The number of carbonyl (C=O) groups excluding carboxylic acids is 1. The Morgan fingerprint density at radius 1 is 0.398 bits per heavy atom. The third-order valence-corrected chi connectivity index (χ3v) is 18.1. The standard InChI is InChI=1S/C79H145NO8/c1-3-5-7-9-11-13-15-17-19-21-23-25-27-29-31-32-33-34-35-36-37-38-39-40-41-42-43-45-47-49-51-53-55-57-59-61-63-65-67-69-75(83)80-72(71-87-79-78(86)77(85)76(84)74(70-81)88-79)73(82)68-66-64-62-60-58-56-54-52-50-48-46-44-30-28-26-24-22-20-18-16-14-12-10-8-6-4-2/h5,7,11,13,17,19,23,25,29,31,33-34,72-74,76-79,81-82,84-86H,3-4,6,8-10,12,14-16,18,20-22,24,26-28,30,32,35-71H2,1-2H3,(H,80,83)/b7-5-,13-11-,19-17-,25-23-,31-29-,34-33-. The number of hydrogen-bond donors (Lipinski definition) is 6. The van der Waals surface area contributed by atoms with E-state index < -0.39 is 49.5 Å². The van der Waals surface area contributed by atoms with Crippen LogP contribution >= 0.6 is 0 Å². The van der Waals surface area contributed by atoms with Crippen LogP contribution < -0.4 is 5.32 Å². The van der Waals surface area contributed by atoms with Gasteiger partial charge in [0.2, 0.25) is 5.91 Å². The van der Waals surface area contributed by atoms with E-state index in [1.807, 2.05) is 0 Å². The lowest BCUT2D eigenvalue weighted by Gasteiger charge is -2.40. The molecule has 88 heavy (non-hydrogen) atoms. The second kappa shape index (κ2) is 67.5. The van der Waals surface area contributed by atoms with E-state index in [1.165, 1.54) is 263 Å². The summed E-state index contributed by atoms with van der Waals surface area (Å²) in [7, 11) is 0. The van der Waals surface area contributed by atoms with Gasteiger partial charge in [-0.15, -0.1) is 0 Å². The first-order chi connectivity index (χ1) is 43.3. The molecule has 1 fully saturated rings. The number of aliphatic hydroxyl groups excluding tert-OH is 5. The minimum absolute atomic E-state index is 0.135. The first kappa shape index (κ1) is 83.6. The molecule has 9 nitrogen and oxygen atoms in total. The SMILES string of the molecule is CC/C=C\C/C=C\C/C=C\C/C=C\C/C=C\C/C=C\CCCCCCCCCCCCCCCCCCCCCCC(=O)NC(COC1OC(CO)C(O)C(O)C1O)C(O)CCCCCCCCCCCCCCCCCCCCCCCCCCCC. The molecule has 6 N–H and O–H groups in total. The molecule has 0 aliphatic carbocycles. The molecule has 0 spiro atoms. The van der Waals surface area contributed by atoms with E-state index in [0.29, 0.717) is 12.8 Å². The van der Waals surface area contributed by atoms with Gasteiger partial charge in [0.15, 0.2) is 6.29 Å². The van der Waals surface area contributed by atoms with E-state index in [1.54, 1.807) is 0 Å². The molecule has 1 amide bonds. The number of hydrogen-bond acceptors (Lipinski definition) is 8. The summed E-state index contributed by atoms with van der Waals surface area (Å²) in [6.07, 6.45) is 88.5. The molecule has 0 radical (unpaired) electrons. The smallest absolute Gasteiger partial charge is 0.220 e. The van der Waals surface area contributed by atoms with Gasteiger partial charge in [-0.3, -0.25) is 4.79 Å². The molecule has 0 aromatic rings. The lowest BCUT2D eigenvalue weighted by Crippen LogP contribution is -2.60. The van der Waals surface area contributed by atoms with E-state index in [4.69, 9.17) is 9.47 Å². The monoisotopic (exact) mass is 1240 g/mol. The summed E-state index contributed by atoms with van der Waals surface area (Å²) in [6.45, 7) is 3.77. The third-order valence-electron chi connectivity index (χ3n) is 18.1. The van der Waals surface area contributed by atoms with Crippen LogP contribution in [0.3, 0.4) is 0 Å². The molecule has 0 aromatic heterocycles. The number of amides is 1. The molecule has 1 saturated heterocycles. The molecule has 1 aliphatic rings. The van der Waals surface area contributed by atoms with Crippen molar-refractivity contribution in [3.8, 4) is 0 Å². The minimum Gasteiger partial charge on any atom is -0.394 e. The highest BCUT2D eigenvalue weighted by molar-refractivity contribution is 5.76. The van der Waals surface area contributed by atoms with Crippen molar-refractivity contribution in [3.05, 3.63) is 72.9 Å². The van der Waals surface area contributed by atoms with Crippen LogP contribution in [0.1, 0.15) is 367 Å². The zero-order valence-corrected chi connectivity index (χ0v) is 57.7. The van der Waals surface area contributed by atoms with Gasteiger partial charge in [-0.1, -0.05) is 369 Å². The summed E-state index contributed by atoms with van der Waals surface area (Å²) in [5.41, 5.74) is 0. The third kappa shape index (κ3) is 55.3. The molecule has 1 aliphatic heterocycles. The van der Waals surface area contributed by atoms with Gasteiger partial charge >= 0.3 is 0 Å². The summed E-state index contributed by atoms with van der Waals surface area (Å²) < 4.78 is 11.4. The average Bonchev–Trinajstić information content (AvgIpc) is 3.65. The number of ether oxygens (including phenoxy) is 2. The Bertz CT molecular complexity index is 1620. The van der Waals surface area contributed by atoms with Crippen molar-refractivity contribution in [1.29, 1.82) is 0 Å². The van der Waals surface area contributed by atoms with Crippen molar-refractivity contribution >= 4 is 5.91 Å². The van der Waals surface area contributed by atoms with Crippen LogP contribution in [0, 0.1) is 0 Å². The van der Waals surface area contributed by atoms with Gasteiger partial charge in [0.05, 0.1) is 25.4 Å². The van der Waals surface area contributed by atoms with Gasteiger partial charge in [-0.05, 0) is 64.2 Å². The Kier molecular flexibility index (Phi) is 64.2. The topological polar surface area (TPSA) is 149 Å². The van der Waals surface area contributed by atoms with E-state index in [9.17, 15) is 30.3 Å². The summed E-state index contributed by atoms with van der Waals surface area (Å²) in [6, 6.07) is -0.722. The lowest BCUT2D eigenvalue weighted by molar-refractivity contribution is -0.302. The molecule has 1 heterocycles. The quantitative estimate of drug-likeness (QED) is 0.0261. The van der Waals surface area contributed by atoms with Crippen LogP contribution in [-0.4, -0.2) is 87.5 Å². The first-order valence-corrected chi connectivity index (χ1v) is 38.1. The van der Waals surface area contributed by atoms with Gasteiger partial charge < -0.3 is 40.3 Å². The van der Waals surface area contributed by atoms with Crippen molar-refractivity contribution in [1.82, 2.24) is 5.32 Å². The maximum Gasteiger partial charge on any atom is 0.220 e. The Balaban J connectivity index is 2.06. The van der Waals surface area contributed by atoms with Crippen molar-refractivity contribution in [3.63, 3.8) is 0 Å². The molecule has 9 heteroatoms. The number of carbonyl (C=O) groups is 1. The van der Waals surface area contributed by atoms with E-state index in [0.717, 1.165) is 77.0 Å². The van der Waals surface area contributed by atoms with Gasteiger partial charge in [-0.25, -0.2) is 0 Å². The van der Waals surface area contributed by atoms with E-state index >= 15 is 0 Å². The van der Waals surface area contributed by atoms with Crippen LogP contribution in [0.4, 0.5) is 0 Å². The normalized spacial score (nSPS) is 18.3. The highest BCUT2D eigenvalue weighted by Crippen LogP contribution is 2.24. The minimum atomic E-state index is -1.56. The van der Waals surface area contributed by atoms with Gasteiger partial charge in [0.25, 0.3) is 0 Å². The highest BCUT2D eigenvalue weighted by atomic mass is 16.7. The fourth-order valence-corrected chi connectivity index (χ4v) is 12.2. The zero-order valence-electron chi connectivity index (χ0n) is 57.7. The molecule has 7 atom stereocenters. The number of unbranched alkanes of at least 4 members (excludes halogenated alkanes) is 45. The molecule has 0 bridgehead atoms. The lowest BCUT2D eigenvalue weighted by atomic mass is 9.99. The van der Waals surface area contributed by atoms with Crippen LogP contribution in [0.15, 0.2) is 72.9 Å². The second-order valence-corrected chi connectivity index (χ2v) is 26.4. The molecule has 0 aromatic carbocycles. The Hall–Kier alpha value is -2.37. The fourth-order valence-electron chi connectivity index (χ4n) is 12.2. The van der Waals surface area contributed by atoms with Gasteiger partial charge in [-0.2, -0.15) is 0 Å². The predicted octanol–water partition coefficient (Wildman–Crippen LogP) is 21.5. The number of rotatable bonds is 67. The van der Waals surface area contributed by atoms with Crippen molar-refractivity contribution in [2.45, 2.75) is 410 Å². The maximum atomic E-state index is 13.2. The number of nitrogens with one attached hydrogen (secondary N) is 1. The molecule has 514 valence electrons. The van der Waals surface area contributed by atoms with E-state index in [2.05, 4.69) is 92.1 Å². The summed E-state index contributed by atoms with van der Waals surface area (Å²) >= 11 is 0. The molecular weight excluding hydrogens is 1090 g/mol. The Labute approximate surface area is 544 Å². The van der Waals surface area contributed by atoms with Crippen molar-refractivity contribution in [2.24, 2.45) is 0 Å². The van der Waals surface area contributed by atoms with Gasteiger partial charge in [0.1, 0.15) is 24.4 Å². The molecule has 7 unspecified atom stereocenters. The van der Waals surface area contributed by atoms with Gasteiger partial charge in [0, 0.05) is 6.42 Å². The fraction of sp³-hybridized carbons (Fsp3) is 0.835. The zero-order chi connectivity index (χ0) is 63.5. The highest BCUT2D eigenvalue weighted by Gasteiger charge is 2.44. The molecule has 0 saturated carbocycles. The summed E-state index contributed by atoms with van der Waals surface area (Å²) in [4.78, 5) is 13.2. The maximum absolute atomic E-state index is 13.2. The molecular formula is C79H145NO8. The average molecular weight is 1240 g/mol. The van der Waals surface area contributed by atoms with Crippen LogP contribution in [0.5, 0.6) is 0 Å². The van der Waals surface area contributed by atoms with Crippen LogP contribution in [0.2, 0.25) is 0 Å². The van der Waals surface area contributed by atoms with Crippen molar-refractivity contribution < 1.29 is 39.8 Å². The summed E-state index contributed by atoms with van der Waals surface area (Å²) in [5, 5.41) is 55.0. The number of allylic oxidation sites excluding steroid dienone is 12. The Morgan fingerprint density at radius 2 is 0.705 bits per heavy atom. The van der Waals surface area contributed by atoms with Crippen LogP contribution in [-0.2, 0) is 14.3 Å².